The molecule has 3 rings (SSSR count). The van der Waals surface area contributed by atoms with Gasteiger partial charge in [0.05, 0.1) is 11.4 Å². The number of pyridine rings is 1. The number of hydrogen-bond donors (Lipinski definition) is 1. The Kier molecular flexibility index (Phi) is 3.36. The van der Waals surface area contributed by atoms with Gasteiger partial charge in [-0.05, 0) is 25.1 Å². The van der Waals surface area contributed by atoms with E-state index in [2.05, 4.69) is 25.1 Å². The number of nitrogens with zero attached hydrogens (tertiary/aromatic N) is 4. The van der Waals surface area contributed by atoms with Crippen molar-refractivity contribution in [2.75, 3.05) is 0 Å². The number of halogens is 3. The highest BCUT2D eigenvalue weighted by molar-refractivity contribution is 5.63. The number of rotatable bonds is 2. The van der Waals surface area contributed by atoms with Gasteiger partial charge in [0.15, 0.2) is 0 Å². The Morgan fingerprint density at radius 2 is 1.68 bits per heavy atom. The Hall–Kier alpha value is -2.77. The zero-order valence-electron chi connectivity index (χ0n) is 11.4. The molecule has 3 aromatic rings. The number of hydrogen-bond acceptors (Lipinski definition) is 4. The van der Waals surface area contributed by atoms with Gasteiger partial charge in [0.25, 0.3) is 0 Å². The molecule has 0 aliphatic rings. The number of nitrogens with one attached hydrogen (secondary N) is 1. The van der Waals surface area contributed by atoms with E-state index in [-0.39, 0.29) is 0 Å². The van der Waals surface area contributed by atoms with Gasteiger partial charge in [0.1, 0.15) is 5.69 Å². The van der Waals surface area contributed by atoms with Gasteiger partial charge in [-0.3, -0.25) is 5.10 Å². The number of aromatic amines is 1. The molecule has 0 aliphatic heterocycles. The predicted octanol–water partition coefficient (Wildman–Crippen LogP) is 3.26. The fourth-order valence-electron chi connectivity index (χ4n) is 1.89. The average molecular weight is 305 g/mol. The second-order valence-electron chi connectivity index (χ2n) is 4.64. The van der Waals surface area contributed by atoms with Gasteiger partial charge < -0.3 is 0 Å². The molecule has 0 saturated carbocycles. The summed E-state index contributed by atoms with van der Waals surface area (Å²) >= 11 is 0. The lowest BCUT2D eigenvalue weighted by Crippen LogP contribution is -2.10. The zero-order chi connectivity index (χ0) is 15.7. The molecule has 5 nitrogen and oxygen atoms in total. The van der Waals surface area contributed by atoms with Crippen LogP contribution >= 0.6 is 0 Å². The van der Waals surface area contributed by atoms with E-state index in [4.69, 9.17) is 0 Å². The Balaban J connectivity index is 1.95. The summed E-state index contributed by atoms with van der Waals surface area (Å²) in [5.74, 6) is -1.17. The fourth-order valence-corrected chi connectivity index (χ4v) is 1.89. The first-order valence-electron chi connectivity index (χ1n) is 6.32. The van der Waals surface area contributed by atoms with E-state index < -0.39 is 12.0 Å². The summed E-state index contributed by atoms with van der Waals surface area (Å²) in [6.45, 7) is 1.87. The topological polar surface area (TPSA) is 67.3 Å². The Morgan fingerprint density at radius 3 is 2.27 bits per heavy atom. The maximum Gasteiger partial charge on any atom is 0.451 e. The van der Waals surface area contributed by atoms with Crippen molar-refractivity contribution in [1.82, 2.24) is 25.1 Å². The largest absolute Gasteiger partial charge is 0.451 e. The summed E-state index contributed by atoms with van der Waals surface area (Å²) in [5.41, 5.74) is 3.04. The molecule has 3 aromatic heterocycles. The van der Waals surface area contributed by atoms with Crippen LogP contribution in [0.15, 0.2) is 36.7 Å². The van der Waals surface area contributed by atoms with Crippen LogP contribution in [-0.2, 0) is 6.18 Å². The molecule has 112 valence electrons. The molecule has 0 bridgehead atoms. The maximum absolute atomic E-state index is 12.5. The lowest BCUT2D eigenvalue weighted by molar-refractivity contribution is -0.144. The summed E-state index contributed by atoms with van der Waals surface area (Å²) < 4.78 is 37.4. The summed E-state index contributed by atoms with van der Waals surface area (Å²) in [6.07, 6.45) is -2.34. The Labute approximate surface area is 123 Å². The minimum atomic E-state index is -4.56. The minimum Gasteiger partial charge on any atom is -0.282 e. The smallest absolute Gasteiger partial charge is 0.282 e. The number of alkyl halides is 3. The highest BCUT2D eigenvalue weighted by Crippen LogP contribution is 2.27. The second-order valence-corrected chi connectivity index (χ2v) is 4.64. The van der Waals surface area contributed by atoms with Gasteiger partial charge in [-0.1, -0.05) is 6.07 Å². The second kappa shape index (κ2) is 5.21. The number of aryl methyl sites for hydroxylation is 1. The third-order valence-corrected chi connectivity index (χ3v) is 2.92. The molecule has 0 amide bonds. The van der Waals surface area contributed by atoms with Crippen LogP contribution < -0.4 is 0 Å². The van der Waals surface area contributed by atoms with Gasteiger partial charge in [-0.2, -0.15) is 18.3 Å². The van der Waals surface area contributed by atoms with E-state index >= 15 is 0 Å². The van der Waals surface area contributed by atoms with E-state index in [9.17, 15) is 13.2 Å². The SMILES string of the molecule is Cc1cc(-c2cccc(-c3cnc(C(F)(F)F)nc3)n2)n[nH]1. The first kappa shape index (κ1) is 14.2. The molecule has 0 saturated heterocycles. The Morgan fingerprint density at radius 1 is 1.00 bits per heavy atom. The minimum absolute atomic E-state index is 0.405. The molecule has 3 heterocycles. The highest BCUT2D eigenvalue weighted by Gasteiger charge is 2.34. The van der Waals surface area contributed by atoms with Crippen LogP contribution in [0.25, 0.3) is 22.6 Å². The lowest BCUT2D eigenvalue weighted by Gasteiger charge is -2.06. The van der Waals surface area contributed by atoms with Crippen molar-refractivity contribution in [2.45, 2.75) is 13.1 Å². The molecule has 0 aromatic carbocycles. The standard InChI is InChI=1S/C14H10F3N5/c1-8-5-12(22-21-8)11-4-2-3-10(20-11)9-6-18-13(19-7-9)14(15,16)17/h2-7H,1H3,(H,21,22). The van der Waals surface area contributed by atoms with Crippen molar-refractivity contribution in [2.24, 2.45) is 0 Å². The third kappa shape index (κ3) is 2.80. The monoisotopic (exact) mass is 305 g/mol. The van der Waals surface area contributed by atoms with Gasteiger partial charge in [0.2, 0.25) is 5.82 Å². The molecule has 0 radical (unpaired) electrons. The van der Waals surface area contributed by atoms with Crippen LogP contribution in [0.3, 0.4) is 0 Å². The number of H-pyrrole nitrogens is 1. The van der Waals surface area contributed by atoms with E-state index in [0.29, 0.717) is 22.6 Å². The quantitative estimate of drug-likeness (QED) is 0.789. The molecule has 0 atom stereocenters. The summed E-state index contributed by atoms with van der Waals surface area (Å²) in [5, 5.41) is 6.91. The summed E-state index contributed by atoms with van der Waals surface area (Å²) in [7, 11) is 0. The highest BCUT2D eigenvalue weighted by atomic mass is 19.4. The lowest BCUT2D eigenvalue weighted by atomic mass is 10.2. The van der Waals surface area contributed by atoms with Crippen molar-refractivity contribution in [3.05, 3.63) is 48.2 Å². The van der Waals surface area contributed by atoms with Crippen molar-refractivity contribution >= 4 is 0 Å². The van der Waals surface area contributed by atoms with Gasteiger partial charge in [-0.25, -0.2) is 15.0 Å². The van der Waals surface area contributed by atoms with E-state index in [0.717, 1.165) is 18.1 Å². The van der Waals surface area contributed by atoms with Crippen molar-refractivity contribution in [3.63, 3.8) is 0 Å². The van der Waals surface area contributed by atoms with Crippen LogP contribution in [0.1, 0.15) is 11.5 Å². The van der Waals surface area contributed by atoms with Gasteiger partial charge in [-0.15, -0.1) is 0 Å². The maximum atomic E-state index is 12.5. The van der Waals surface area contributed by atoms with Crippen LogP contribution in [0.4, 0.5) is 13.2 Å². The average Bonchev–Trinajstić information content (AvgIpc) is 2.93. The van der Waals surface area contributed by atoms with Crippen LogP contribution in [0.5, 0.6) is 0 Å². The van der Waals surface area contributed by atoms with Crippen LogP contribution in [-0.4, -0.2) is 25.1 Å². The molecule has 22 heavy (non-hydrogen) atoms. The molecular formula is C14H10F3N5. The van der Waals surface area contributed by atoms with E-state index in [1.165, 1.54) is 0 Å². The zero-order valence-corrected chi connectivity index (χ0v) is 11.4. The van der Waals surface area contributed by atoms with Gasteiger partial charge in [0, 0.05) is 23.7 Å². The van der Waals surface area contributed by atoms with E-state index in [1.54, 1.807) is 18.2 Å². The Bertz CT molecular complexity index is 793. The van der Waals surface area contributed by atoms with Crippen LogP contribution in [0.2, 0.25) is 0 Å². The molecule has 0 spiro atoms. The van der Waals surface area contributed by atoms with Crippen molar-refractivity contribution in [1.29, 1.82) is 0 Å². The first-order chi connectivity index (χ1) is 10.4. The first-order valence-corrected chi connectivity index (χ1v) is 6.32. The fraction of sp³-hybridized carbons (Fsp3) is 0.143. The van der Waals surface area contributed by atoms with Crippen molar-refractivity contribution in [3.8, 4) is 22.6 Å². The molecule has 0 unspecified atom stereocenters. The summed E-state index contributed by atoms with van der Waals surface area (Å²) in [4.78, 5) is 11.0. The van der Waals surface area contributed by atoms with Crippen LogP contribution in [0, 0.1) is 6.92 Å². The molecule has 0 aliphatic carbocycles. The molecule has 1 N–H and O–H groups in total. The predicted molar refractivity (Wildman–Crippen MR) is 72.6 cm³/mol. The third-order valence-electron chi connectivity index (χ3n) is 2.92. The van der Waals surface area contributed by atoms with Gasteiger partial charge >= 0.3 is 6.18 Å². The number of aromatic nitrogens is 5. The molecule has 0 fully saturated rings. The summed E-state index contributed by atoms with van der Waals surface area (Å²) in [6, 6.07) is 7.02. The molecular weight excluding hydrogens is 295 g/mol. The van der Waals surface area contributed by atoms with Crippen molar-refractivity contribution < 1.29 is 13.2 Å². The normalized spacial score (nSPS) is 11.6. The molecule has 8 heteroatoms. The van der Waals surface area contributed by atoms with E-state index in [1.807, 2.05) is 13.0 Å².